The molecule has 1 amide bonds. The molecule has 3 rings (SSSR count). The molecule has 1 aliphatic heterocycles. The van der Waals surface area contributed by atoms with Crippen LogP contribution in [0.4, 0.5) is 5.69 Å². The minimum atomic E-state index is -0.217. The summed E-state index contributed by atoms with van der Waals surface area (Å²) in [6, 6.07) is 8.61. The number of pyridine rings is 1. The van der Waals surface area contributed by atoms with E-state index in [1.165, 1.54) is 0 Å². The Labute approximate surface area is 139 Å². The number of carbonyl (C=O) groups is 2. The molecule has 24 heavy (non-hydrogen) atoms. The number of carbonyl (C=O) groups excluding carboxylic acids is 2. The largest absolute Gasteiger partial charge is 0.490 e. The quantitative estimate of drug-likeness (QED) is 0.855. The van der Waals surface area contributed by atoms with Crippen LogP contribution < -0.4 is 14.8 Å². The van der Waals surface area contributed by atoms with E-state index >= 15 is 0 Å². The Morgan fingerprint density at radius 1 is 1.08 bits per heavy atom. The molecule has 0 bridgehead atoms. The van der Waals surface area contributed by atoms with Gasteiger partial charge in [-0.3, -0.25) is 14.6 Å². The van der Waals surface area contributed by atoms with Gasteiger partial charge in [0, 0.05) is 31.0 Å². The Morgan fingerprint density at radius 3 is 2.71 bits per heavy atom. The zero-order chi connectivity index (χ0) is 16.8. The first-order valence-electron chi connectivity index (χ1n) is 7.85. The zero-order valence-electron chi connectivity index (χ0n) is 13.2. The maximum Gasteiger partial charge on any atom is 0.224 e. The van der Waals surface area contributed by atoms with Crippen molar-refractivity contribution in [2.24, 2.45) is 0 Å². The number of nitrogens with zero attached hydrogens (tertiary/aromatic N) is 1. The Kier molecular flexibility index (Phi) is 5.05. The fraction of sp³-hybridized carbons (Fsp3) is 0.278. The van der Waals surface area contributed by atoms with Gasteiger partial charge < -0.3 is 14.8 Å². The van der Waals surface area contributed by atoms with Crippen molar-refractivity contribution in [2.75, 3.05) is 18.5 Å². The molecule has 1 aromatic heterocycles. The van der Waals surface area contributed by atoms with Crippen LogP contribution in [0.2, 0.25) is 0 Å². The minimum Gasteiger partial charge on any atom is -0.490 e. The molecule has 0 saturated heterocycles. The van der Waals surface area contributed by atoms with Crippen LogP contribution in [-0.4, -0.2) is 29.9 Å². The summed E-state index contributed by atoms with van der Waals surface area (Å²) in [6.45, 7) is 1.17. The van der Waals surface area contributed by atoms with Gasteiger partial charge in [-0.15, -0.1) is 0 Å². The maximum absolute atomic E-state index is 12.3. The monoisotopic (exact) mass is 326 g/mol. The Balaban J connectivity index is 1.57. The Morgan fingerprint density at radius 2 is 1.92 bits per heavy atom. The highest BCUT2D eigenvalue weighted by Crippen LogP contribution is 2.30. The number of anilines is 1. The third-order valence-electron chi connectivity index (χ3n) is 3.59. The lowest BCUT2D eigenvalue weighted by molar-refractivity contribution is -0.116. The number of aromatic nitrogens is 1. The highest BCUT2D eigenvalue weighted by molar-refractivity contribution is 6.00. The molecule has 1 aliphatic rings. The molecule has 0 saturated carbocycles. The lowest BCUT2D eigenvalue weighted by atomic mass is 10.1. The highest BCUT2D eigenvalue weighted by atomic mass is 16.5. The highest BCUT2D eigenvalue weighted by Gasteiger charge is 2.15. The summed E-state index contributed by atoms with van der Waals surface area (Å²) in [5.41, 5.74) is 1.14. The summed E-state index contributed by atoms with van der Waals surface area (Å²) < 4.78 is 11.1. The van der Waals surface area contributed by atoms with Gasteiger partial charge in [0.1, 0.15) is 0 Å². The first kappa shape index (κ1) is 16.0. The van der Waals surface area contributed by atoms with Crippen molar-refractivity contribution in [3.63, 3.8) is 0 Å². The second kappa shape index (κ2) is 7.59. The Bertz CT molecular complexity index is 731. The number of ketones is 1. The first-order valence-corrected chi connectivity index (χ1v) is 7.85. The van der Waals surface area contributed by atoms with Crippen LogP contribution in [0.1, 0.15) is 29.6 Å². The third-order valence-corrected chi connectivity index (χ3v) is 3.59. The van der Waals surface area contributed by atoms with Gasteiger partial charge in [0.25, 0.3) is 0 Å². The first-order chi connectivity index (χ1) is 11.7. The van der Waals surface area contributed by atoms with E-state index in [0.717, 1.165) is 6.42 Å². The van der Waals surface area contributed by atoms with Gasteiger partial charge in [-0.25, -0.2) is 0 Å². The van der Waals surface area contributed by atoms with Gasteiger partial charge in [-0.2, -0.15) is 0 Å². The summed E-state index contributed by atoms with van der Waals surface area (Å²) in [4.78, 5) is 28.1. The number of nitrogens with one attached hydrogen (secondary N) is 1. The molecule has 1 N–H and O–H groups in total. The van der Waals surface area contributed by atoms with E-state index < -0.39 is 0 Å². The smallest absolute Gasteiger partial charge is 0.224 e. The molecular weight excluding hydrogens is 308 g/mol. The summed E-state index contributed by atoms with van der Waals surface area (Å²) in [6.07, 6.45) is 4.24. The number of Topliss-reactive ketones (excluding diaryl/α,β-unsaturated/α-hetero) is 1. The molecule has 1 aromatic carbocycles. The van der Waals surface area contributed by atoms with Gasteiger partial charge >= 0.3 is 0 Å². The molecule has 6 heteroatoms. The summed E-state index contributed by atoms with van der Waals surface area (Å²) in [5.74, 6) is 0.911. The molecule has 2 heterocycles. The fourth-order valence-corrected chi connectivity index (χ4v) is 2.37. The van der Waals surface area contributed by atoms with Crippen LogP contribution in [0.5, 0.6) is 11.5 Å². The van der Waals surface area contributed by atoms with E-state index in [1.54, 1.807) is 42.7 Å². The number of rotatable bonds is 5. The molecule has 0 fully saturated rings. The topological polar surface area (TPSA) is 77.5 Å². The van der Waals surface area contributed by atoms with Crippen molar-refractivity contribution in [2.45, 2.75) is 19.3 Å². The van der Waals surface area contributed by atoms with Crippen LogP contribution in [-0.2, 0) is 4.79 Å². The minimum absolute atomic E-state index is 0.105. The van der Waals surface area contributed by atoms with Crippen LogP contribution in [0.15, 0.2) is 42.7 Å². The van der Waals surface area contributed by atoms with Gasteiger partial charge in [-0.1, -0.05) is 0 Å². The number of ether oxygens (including phenoxy) is 2. The van der Waals surface area contributed by atoms with Crippen molar-refractivity contribution >= 4 is 17.4 Å². The van der Waals surface area contributed by atoms with Crippen LogP contribution >= 0.6 is 0 Å². The molecule has 0 spiro atoms. The van der Waals surface area contributed by atoms with Gasteiger partial charge in [-0.05, 0) is 30.3 Å². The van der Waals surface area contributed by atoms with E-state index in [-0.39, 0.29) is 24.5 Å². The molecule has 124 valence electrons. The molecule has 6 nitrogen and oxygen atoms in total. The third kappa shape index (κ3) is 4.10. The van der Waals surface area contributed by atoms with Crippen molar-refractivity contribution in [1.29, 1.82) is 0 Å². The number of amides is 1. The Hall–Kier alpha value is -2.89. The normalized spacial score (nSPS) is 13.0. The lowest BCUT2D eigenvalue weighted by Gasteiger charge is -2.09. The van der Waals surface area contributed by atoms with Crippen LogP contribution in [0.25, 0.3) is 0 Å². The van der Waals surface area contributed by atoms with Crippen molar-refractivity contribution in [3.8, 4) is 11.5 Å². The summed E-state index contributed by atoms with van der Waals surface area (Å²) in [7, 11) is 0. The summed E-state index contributed by atoms with van der Waals surface area (Å²) in [5, 5.41) is 2.71. The van der Waals surface area contributed by atoms with Crippen LogP contribution in [0.3, 0.4) is 0 Å². The molecule has 0 aliphatic carbocycles. The van der Waals surface area contributed by atoms with E-state index in [4.69, 9.17) is 9.47 Å². The maximum atomic E-state index is 12.3. The molecular formula is C18H18N2O4. The fourth-order valence-electron chi connectivity index (χ4n) is 2.37. The van der Waals surface area contributed by atoms with Gasteiger partial charge in [0.05, 0.1) is 25.1 Å². The predicted octanol–water partition coefficient (Wildman–Crippen LogP) is 2.84. The molecule has 0 unspecified atom stereocenters. The second-order valence-electron chi connectivity index (χ2n) is 5.43. The van der Waals surface area contributed by atoms with E-state index in [1.807, 2.05) is 0 Å². The van der Waals surface area contributed by atoms with Gasteiger partial charge in [0.15, 0.2) is 17.3 Å². The number of hydrogen-bond donors (Lipinski definition) is 1. The second-order valence-corrected chi connectivity index (χ2v) is 5.43. The zero-order valence-corrected chi connectivity index (χ0v) is 13.2. The standard InChI is InChI=1S/C18H18N2O4/c21-15(5-7-18(22)20-14-3-1-8-19-12-14)13-4-6-16-17(11-13)24-10-2-9-23-16/h1,3-4,6,8,11-12H,2,5,7,9-10H2,(H,20,22). The summed E-state index contributed by atoms with van der Waals surface area (Å²) >= 11 is 0. The number of benzene rings is 1. The molecule has 0 atom stereocenters. The average Bonchev–Trinajstić information content (AvgIpc) is 2.85. The van der Waals surface area contributed by atoms with Gasteiger partial charge in [0.2, 0.25) is 5.91 Å². The van der Waals surface area contributed by atoms with Crippen molar-refractivity contribution in [3.05, 3.63) is 48.3 Å². The van der Waals surface area contributed by atoms with E-state index in [9.17, 15) is 9.59 Å². The number of hydrogen-bond acceptors (Lipinski definition) is 5. The molecule has 2 aromatic rings. The molecule has 0 radical (unpaired) electrons. The average molecular weight is 326 g/mol. The SMILES string of the molecule is O=C(CCC(=O)c1ccc2c(c1)OCCCO2)Nc1cccnc1. The van der Waals surface area contributed by atoms with Crippen LogP contribution in [0, 0.1) is 0 Å². The lowest BCUT2D eigenvalue weighted by Crippen LogP contribution is -2.13. The van der Waals surface area contributed by atoms with Crippen molar-refractivity contribution < 1.29 is 19.1 Å². The number of fused-ring (bicyclic) bond motifs is 1. The van der Waals surface area contributed by atoms with E-state index in [0.29, 0.717) is 36.0 Å². The van der Waals surface area contributed by atoms with Crippen molar-refractivity contribution in [1.82, 2.24) is 4.98 Å². The predicted molar refractivity (Wildman–Crippen MR) is 88.5 cm³/mol. The van der Waals surface area contributed by atoms with E-state index in [2.05, 4.69) is 10.3 Å².